The smallest absolute Gasteiger partial charge is 0.345 e. The van der Waals surface area contributed by atoms with Crippen molar-refractivity contribution in [2.75, 3.05) is 12.4 Å². The van der Waals surface area contributed by atoms with Gasteiger partial charge in [0.25, 0.3) is 0 Å². The van der Waals surface area contributed by atoms with E-state index in [-0.39, 0.29) is 11.4 Å². The van der Waals surface area contributed by atoms with Gasteiger partial charge in [0.05, 0.1) is 19.3 Å². The van der Waals surface area contributed by atoms with Crippen LogP contribution in [0.1, 0.15) is 16.1 Å². The Hall–Kier alpha value is -2.86. The molecule has 2 heterocycles. The maximum atomic E-state index is 12.2. The number of ether oxygens (including phenoxy) is 1. The van der Waals surface area contributed by atoms with E-state index in [0.29, 0.717) is 22.8 Å². The summed E-state index contributed by atoms with van der Waals surface area (Å²) in [7, 11) is 1.31. The number of aromatic nitrogens is 2. The Kier molecular flexibility index (Phi) is 4.77. The summed E-state index contributed by atoms with van der Waals surface area (Å²) in [5.74, 6) is -0.322. The highest BCUT2D eigenvalue weighted by molar-refractivity contribution is 6.30. The van der Waals surface area contributed by atoms with Crippen LogP contribution in [0.3, 0.4) is 0 Å². The van der Waals surface area contributed by atoms with Gasteiger partial charge in [-0.15, -0.1) is 0 Å². The molecule has 0 saturated carbocycles. The molecule has 0 aliphatic rings. The first-order valence-corrected chi connectivity index (χ1v) is 7.54. The van der Waals surface area contributed by atoms with Crippen molar-refractivity contribution < 1.29 is 14.1 Å². The summed E-state index contributed by atoms with van der Waals surface area (Å²) in [6.45, 7) is 0.384. The van der Waals surface area contributed by atoms with Gasteiger partial charge in [-0.2, -0.15) is 0 Å². The van der Waals surface area contributed by atoms with Crippen LogP contribution in [0.15, 0.2) is 53.2 Å². The van der Waals surface area contributed by atoms with Crippen LogP contribution in [0.2, 0.25) is 5.02 Å². The third kappa shape index (κ3) is 3.38. The fourth-order valence-electron chi connectivity index (χ4n) is 2.21. The quantitative estimate of drug-likeness (QED) is 0.710. The molecule has 1 aromatic carbocycles. The van der Waals surface area contributed by atoms with Crippen molar-refractivity contribution in [1.29, 1.82) is 0 Å². The van der Waals surface area contributed by atoms with Crippen molar-refractivity contribution in [3.05, 3.63) is 64.9 Å². The first kappa shape index (κ1) is 16.0. The highest BCUT2D eigenvalue weighted by Crippen LogP contribution is 2.31. The number of esters is 1. The predicted octanol–water partition coefficient (Wildman–Crippen LogP) is 3.79. The molecule has 0 atom stereocenters. The second-order valence-corrected chi connectivity index (χ2v) is 5.35. The Morgan fingerprint density at radius 2 is 2.17 bits per heavy atom. The van der Waals surface area contributed by atoms with Crippen LogP contribution in [-0.2, 0) is 11.3 Å². The Morgan fingerprint density at radius 3 is 2.88 bits per heavy atom. The molecule has 7 heteroatoms. The zero-order valence-corrected chi connectivity index (χ0v) is 13.6. The van der Waals surface area contributed by atoms with Gasteiger partial charge in [-0.1, -0.05) is 35.0 Å². The molecule has 0 radical (unpaired) electrons. The maximum absolute atomic E-state index is 12.2. The number of nitrogens with zero attached hydrogens (tertiary/aromatic N) is 2. The van der Waals surface area contributed by atoms with E-state index in [1.165, 1.54) is 7.11 Å². The summed E-state index contributed by atoms with van der Waals surface area (Å²) in [5, 5.41) is 7.55. The molecule has 0 unspecified atom stereocenters. The summed E-state index contributed by atoms with van der Waals surface area (Å²) in [4.78, 5) is 16.4. The molecule has 2 aromatic heterocycles. The summed E-state index contributed by atoms with van der Waals surface area (Å²) < 4.78 is 10.2. The molecule has 0 aliphatic heterocycles. The van der Waals surface area contributed by atoms with Gasteiger partial charge in [0.1, 0.15) is 5.69 Å². The molecule has 3 aromatic rings. The molecule has 0 aliphatic carbocycles. The minimum absolute atomic E-state index is 0.218. The van der Waals surface area contributed by atoms with Crippen LogP contribution in [0, 0.1) is 0 Å². The highest BCUT2D eigenvalue weighted by Gasteiger charge is 2.25. The van der Waals surface area contributed by atoms with Crippen LogP contribution in [-0.4, -0.2) is 23.2 Å². The van der Waals surface area contributed by atoms with E-state index < -0.39 is 5.97 Å². The standard InChI is InChI=1S/C17H14ClN3O3/c1-23-17(22)14-15(11-5-4-6-12(18)9-11)21-24-16(14)20-10-13-7-2-3-8-19-13/h2-9,20H,10H2,1H3. The number of hydrogen-bond donors (Lipinski definition) is 1. The number of benzene rings is 1. The second-order valence-electron chi connectivity index (χ2n) is 4.91. The Balaban J connectivity index is 1.94. The summed E-state index contributed by atoms with van der Waals surface area (Å²) in [6, 6.07) is 12.6. The number of carbonyl (C=O) groups excluding carboxylic acids is 1. The summed E-state index contributed by atoms with van der Waals surface area (Å²) in [6.07, 6.45) is 1.69. The van der Waals surface area contributed by atoms with E-state index in [2.05, 4.69) is 15.5 Å². The van der Waals surface area contributed by atoms with Crippen LogP contribution >= 0.6 is 11.6 Å². The number of methoxy groups -OCH3 is 1. The molecule has 122 valence electrons. The average molecular weight is 344 g/mol. The van der Waals surface area contributed by atoms with Gasteiger partial charge in [-0.25, -0.2) is 4.79 Å². The van der Waals surface area contributed by atoms with E-state index in [1.54, 1.807) is 30.5 Å². The van der Waals surface area contributed by atoms with Gasteiger partial charge in [-0.05, 0) is 24.3 Å². The van der Waals surface area contributed by atoms with Crippen molar-refractivity contribution in [1.82, 2.24) is 10.1 Å². The molecule has 0 spiro atoms. The van der Waals surface area contributed by atoms with Crippen LogP contribution in [0.4, 0.5) is 5.88 Å². The fraction of sp³-hybridized carbons (Fsp3) is 0.118. The SMILES string of the molecule is COC(=O)c1c(-c2cccc(Cl)c2)noc1NCc1ccccn1. The van der Waals surface area contributed by atoms with E-state index in [4.69, 9.17) is 20.9 Å². The van der Waals surface area contributed by atoms with Gasteiger partial charge in [-0.3, -0.25) is 4.98 Å². The number of nitrogens with one attached hydrogen (secondary N) is 1. The third-order valence-corrected chi connectivity index (χ3v) is 3.57. The number of rotatable bonds is 5. The molecule has 0 saturated heterocycles. The molecule has 3 rings (SSSR count). The maximum Gasteiger partial charge on any atom is 0.345 e. The number of anilines is 1. The van der Waals surface area contributed by atoms with Crippen molar-refractivity contribution in [2.24, 2.45) is 0 Å². The lowest BCUT2D eigenvalue weighted by Crippen LogP contribution is -2.08. The fourth-order valence-corrected chi connectivity index (χ4v) is 2.40. The molecule has 0 bridgehead atoms. The average Bonchev–Trinajstić information content (AvgIpc) is 3.04. The number of hydrogen-bond acceptors (Lipinski definition) is 6. The molecule has 24 heavy (non-hydrogen) atoms. The zero-order valence-electron chi connectivity index (χ0n) is 12.8. The van der Waals surface area contributed by atoms with E-state index >= 15 is 0 Å². The van der Waals surface area contributed by atoms with E-state index in [0.717, 1.165) is 5.69 Å². The minimum atomic E-state index is -0.547. The lowest BCUT2D eigenvalue weighted by Gasteiger charge is -2.05. The highest BCUT2D eigenvalue weighted by atomic mass is 35.5. The lowest BCUT2D eigenvalue weighted by atomic mass is 10.1. The topological polar surface area (TPSA) is 77.2 Å². The molecule has 0 fully saturated rings. The van der Waals surface area contributed by atoms with Gasteiger partial charge in [0.2, 0.25) is 5.88 Å². The van der Waals surface area contributed by atoms with E-state index in [9.17, 15) is 4.79 Å². The van der Waals surface area contributed by atoms with Crippen molar-refractivity contribution in [3.63, 3.8) is 0 Å². The van der Waals surface area contributed by atoms with Gasteiger partial charge >= 0.3 is 5.97 Å². The first-order valence-electron chi connectivity index (χ1n) is 7.16. The number of pyridine rings is 1. The van der Waals surface area contributed by atoms with Gasteiger partial charge < -0.3 is 14.6 Å². The molecular weight excluding hydrogens is 330 g/mol. The third-order valence-electron chi connectivity index (χ3n) is 3.34. The van der Waals surface area contributed by atoms with Gasteiger partial charge in [0.15, 0.2) is 5.56 Å². The van der Waals surface area contributed by atoms with Crippen molar-refractivity contribution in [2.45, 2.75) is 6.54 Å². The Morgan fingerprint density at radius 1 is 1.29 bits per heavy atom. The van der Waals surface area contributed by atoms with E-state index in [1.807, 2.05) is 18.2 Å². The molecule has 0 amide bonds. The minimum Gasteiger partial charge on any atom is -0.465 e. The largest absolute Gasteiger partial charge is 0.465 e. The normalized spacial score (nSPS) is 10.4. The molecule has 1 N–H and O–H groups in total. The summed E-state index contributed by atoms with van der Waals surface area (Å²) in [5.41, 5.74) is 2.05. The van der Waals surface area contributed by atoms with Crippen molar-refractivity contribution >= 4 is 23.5 Å². The first-order chi connectivity index (χ1) is 11.7. The Bertz CT molecular complexity index is 849. The zero-order chi connectivity index (χ0) is 16.9. The lowest BCUT2D eigenvalue weighted by molar-refractivity contribution is 0.0602. The van der Waals surface area contributed by atoms with Crippen molar-refractivity contribution in [3.8, 4) is 11.3 Å². The van der Waals surface area contributed by atoms with Crippen LogP contribution in [0.5, 0.6) is 0 Å². The van der Waals surface area contributed by atoms with Crippen LogP contribution in [0.25, 0.3) is 11.3 Å². The monoisotopic (exact) mass is 343 g/mol. The number of halogens is 1. The molecule has 6 nitrogen and oxygen atoms in total. The second kappa shape index (κ2) is 7.14. The number of carbonyl (C=O) groups is 1. The predicted molar refractivity (Wildman–Crippen MR) is 89.9 cm³/mol. The Labute approximate surface area is 143 Å². The van der Waals surface area contributed by atoms with Gasteiger partial charge in [0, 0.05) is 16.8 Å². The molecular formula is C17H14ClN3O3. The summed E-state index contributed by atoms with van der Waals surface area (Å²) >= 11 is 6.01. The van der Waals surface area contributed by atoms with Crippen LogP contribution < -0.4 is 5.32 Å².